The van der Waals surface area contributed by atoms with E-state index in [9.17, 15) is 8.99 Å². The van der Waals surface area contributed by atoms with E-state index in [1.165, 1.54) is 12.0 Å². The Labute approximate surface area is 192 Å². The Bertz CT molecular complexity index is 692. The summed E-state index contributed by atoms with van der Waals surface area (Å²) in [5, 5.41) is 13.4. The molecule has 31 heavy (non-hydrogen) atoms. The monoisotopic (exact) mass is 453 g/mol. The summed E-state index contributed by atoms with van der Waals surface area (Å²) in [4.78, 5) is 0. The largest absolute Gasteiger partial charge is 0.508 e. The first kappa shape index (κ1) is 29.2. The number of nitrogens with two attached hydrogens (primary N) is 1. The quantitative estimate of drug-likeness (QED) is 0.464. The Morgan fingerprint density at radius 1 is 0.968 bits per heavy atom. The number of aromatic hydroxyl groups is 1. The van der Waals surface area contributed by atoms with Gasteiger partial charge in [-0.15, -0.1) is 3.89 Å². The van der Waals surface area contributed by atoms with Gasteiger partial charge >= 0.3 is 0 Å². The minimum absolute atomic E-state index is 0.0475. The lowest BCUT2D eigenvalue weighted by molar-refractivity contribution is -0.106. The number of hydrogen-bond donors (Lipinski definition) is 2. The molecule has 0 aliphatic carbocycles. The van der Waals surface area contributed by atoms with Gasteiger partial charge in [-0.25, -0.2) is 5.14 Å². The molecule has 3 N–H and O–H groups in total. The van der Waals surface area contributed by atoms with Crippen LogP contribution in [-0.2, 0) is 4.74 Å². The Morgan fingerprint density at radius 3 is 1.94 bits per heavy atom. The lowest BCUT2D eigenvalue weighted by atomic mass is 10.0. The number of rotatable bonds is 4. The highest BCUT2D eigenvalue weighted by Crippen LogP contribution is 2.28. The number of hydrogen-bond acceptors (Lipinski definition) is 5. The molecule has 2 aromatic carbocycles. The molecule has 0 bridgehead atoms. The topological polar surface area (TPSA) is 64.7 Å². The zero-order valence-corrected chi connectivity index (χ0v) is 20.6. The van der Waals surface area contributed by atoms with Crippen molar-refractivity contribution in [3.05, 3.63) is 59.7 Å². The van der Waals surface area contributed by atoms with Crippen LogP contribution in [0.3, 0.4) is 0 Å². The highest BCUT2D eigenvalue weighted by atomic mass is 32.2. The highest BCUT2D eigenvalue weighted by molar-refractivity contribution is 7.91. The normalized spacial score (nSPS) is 15.0. The van der Waals surface area contributed by atoms with Gasteiger partial charge in [-0.3, -0.25) is 0 Å². The summed E-state index contributed by atoms with van der Waals surface area (Å²) in [5.41, 5.74) is 2.28. The first-order chi connectivity index (χ1) is 14.9. The number of para-hydroxylation sites is 2. The molecule has 1 aliphatic heterocycles. The SMILES string of the molecule is CC.CC(C)c1ccccc1O.CC(C)c1ccccc1OC1CCCCO1.NSF. The molecule has 0 amide bonds. The molecule has 2 aromatic rings. The van der Waals surface area contributed by atoms with Crippen molar-refractivity contribution in [3.8, 4) is 11.5 Å². The molecule has 3 rings (SSSR count). The molecular weight excluding hydrogens is 413 g/mol. The summed E-state index contributed by atoms with van der Waals surface area (Å²) in [5.74, 6) is 2.27. The first-order valence-electron chi connectivity index (χ1n) is 11.0. The lowest BCUT2D eigenvalue weighted by Gasteiger charge is -2.25. The molecule has 4 nitrogen and oxygen atoms in total. The van der Waals surface area contributed by atoms with Crippen molar-refractivity contribution in [1.82, 2.24) is 0 Å². The van der Waals surface area contributed by atoms with E-state index >= 15 is 0 Å². The van der Waals surface area contributed by atoms with Crippen molar-refractivity contribution in [1.29, 1.82) is 0 Å². The number of halogens is 1. The summed E-state index contributed by atoms with van der Waals surface area (Å²) < 4.78 is 21.5. The molecule has 6 heteroatoms. The summed E-state index contributed by atoms with van der Waals surface area (Å²) in [6, 6.07) is 15.7. The number of phenols is 1. The number of benzene rings is 2. The van der Waals surface area contributed by atoms with E-state index in [1.54, 1.807) is 6.07 Å². The Hall–Kier alpha value is -1.76. The van der Waals surface area contributed by atoms with E-state index in [0.29, 0.717) is 17.6 Å². The molecule has 1 fully saturated rings. The summed E-state index contributed by atoms with van der Waals surface area (Å²) in [6.45, 7) is 13.3. The van der Waals surface area contributed by atoms with Crippen LogP contribution in [0.5, 0.6) is 11.5 Å². The predicted octanol–water partition coefficient (Wildman–Crippen LogP) is 7.74. The van der Waals surface area contributed by atoms with Gasteiger partial charge in [0.2, 0.25) is 0 Å². The summed E-state index contributed by atoms with van der Waals surface area (Å²) in [6.07, 6.45) is 3.32. The van der Waals surface area contributed by atoms with Crippen LogP contribution in [0.1, 0.15) is 83.8 Å². The van der Waals surface area contributed by atoms with Crippen LogP contribution >= 0.6 is 12.3 Å². The van der Waals surface area contributed by atoms with Gasteiger partial charge in [0, 0.05) is 6.42 Å². The van der Waals surface area contributed by atoms with E-state index in [2.05, 4.69) is 45.0 Å². The maximum atomic E-state index is 9.99. The van der Waals surface area contributed by atoms with Crippen molar-refractivity contribution >= 4 is 12.3 Å². The van der Waals surface area contributed by atoms with Crippen molar-refractivity contribution in [3.63, 3.8) is 0 Å². The van der Waals surface area contributed by atoms with Gasteiger partial charge in [0.1, 0.15) is 23.8 Å². The van der Waals surface area contributed by atoms with Gasteiger partial charge < -0.3 is 14.6 Å². The van der Waals surface area contributed by atoms with Crippen LogP contribution in [0, 0.1) is 0 Å². The average molecular weight is 454 g/mol. The van der Waals surface area contributed by atoms with Crippen LogP contribution in [-0.4, -0.2) is 18.0 Å². The molecule has 1 unspecified atom stereocenters. The molecule has 176 valence electrons. The van der Waals surface area contributed by atoms with E-state index in [-0.39, 0.29) is 18.6 Å². The molecular formula is C25H40FNO3S. The lowest BCUT2D eigenvalue weighted by Crippen LogP contribution is -2.25. The van der Waals surface area contributed by atoms with Gasteiger partial charge in [-0.05, 0) is 47.9 Å². The molecule has 1 saturated heterocycles. The smallest absolute Gasteiger partial charge is 0.199 e. The van der Waals surface area contributed by atoms with Gasteiger partial charge in [0.15, 0.2) is 6.29 Å². The predicted molar refractivity (Wildman–Crippen MR) is 131 cm³/mol. The van der Waals surface area contributed by atoms with E-state index < -0.39 is 0 Å². The van der Waals surface area contributed by atoms with Crippen LogP contribution in [0.4, 0.5) is 3.89 Å². The molecule has 0 saturated carbocycles. The number of ether oxygens (including phenoxy) is 2. The van der Waals surface area contributed by atoms with E-state index in [4.69, 9.17) is 9.47 Å². The van der Waals surface area contributed by atoms with E-state index in [0.717, 1.165) is 30.8 Å². The maximum Gasteiger partial charge on any atom is 0.199 e. The highest BCUT2D eigenvalue weighted by Gasteiger charge is 2.17. The average Bonchev–Trinajstić information content (AvgIpc) is 2.77. The second-order valence-corrected chi connectivity index (χ2v) is 7.59. The first-order valence-corrected chi connectivity index (χ1v) is 11.8. The fourth-order valence-corrected chi connectivity index (χ4v) is 2.99. The van der Waals surface area contributed by atoms with E-state index in [1.807, 2.05) is 44.2 Å². The number of phenolic OH excluding ortho intramolecular Hbond substituents is 1. The molecule has 1 aliphatic rings. The van der Waals surface area contributed by atoms with Crippen molar-refractivity contribution in [2.45, 2.75) is 78.9 Å². The van der Waals surface area contributed by atoms with Crippen LogP contribution < -0.4 is 9.88 Å². The minimum atomic E-state index is -0.250. The third kappa shape index (κ3) is 12.0. The molecule has 1 atom stereocenters. The van der Waals surface area contributed by atoms with Gasteiger partial charge in [-0.1, -0.05) is 77.9 Å². The van der Waals surface area contributed by atoms with Crippen LogP contribution in [0.2, 0.25) is 0 Å². The van der Waals surface area contributed by atoms with Gasteiger partial charge in [-0.2, -0.15) is 0 Å². The second-order valence-electron chi connectivity index (χ2n) is 7.41. The molecule has 0 aromatic heterocycles. The Morgan fingerprint density at radius 2 is 1.48 bits per heavy atom. The molecule has 0 spiro atoms. The maximum absolute atomic E-state index is 9.99. The minimum Gasteiger partial charge on any atom is -0.508 e. The van der Waals surface area contributed by atoms with Crippen LogP contribution in [0.25, 0.3) is 0 Å². The zero-order chi connectivity index (χ0) is 23.6. The third-order valence-corrected chi connectivity index (χ3v) is 4.50. The van der Waals surface area contributed by atoms with Gasteiger partial charge in [0.25, 0.3) is 0 Å². The molecule has 0 radical (unpaired) electrons. The van der Waals surface area contributed by atoms with Crippen molar-refractivity contribution in [2.24, 2.45) is 5.14 Å². The van der Waals surface area contributed by atoms with Crippen LogP contribution in [0.15, 0.2) is 48.5 Å². The zero-order valence-electron chi connectivity index (χ0n) is 19.8. The Balaban J connectivity index is 0.000000515. The molecule has 1 heterocycles. The third-order valence-electron chi connectivity index (χ3n) is 4.50. The summed E-state index contributed by atoms with van der Waals surface area (Å²) in [7, 11) is 0. The standard InChI is InChI=1S/C14H20O2.C9H12O.C2H6.FH2NS/c1-11(2)12-7-3-4-8-13(12)16-14-9-5-6-10-15-14;1-7(2)8-5-3-4-6-9(8)10;1-2;1-3-2/h3-4,7-8,11,14H,5-6,9-10H2,1-2H3;3-7,10H,1-2H3;1-2H3;2H2. The van der Waals surface area contributed by atoms with Crippen molar-refractivity contribution in [2.75, 3.05) is 6.61 Å². The summed E-state index contributed by atoms with van der Waals surface area (Å²) >= 11 is -0.250. The fourth-order valence-electron chi connectivity index (χ4n) is 2.99. The van der Waals surface area contributed by atoms with Gasteiger partial charge in [0.05, 0.1) is 6.61 Å². The Kier molecular flexibility index (Phi) is 16.9. The fraction of sp³-hybridized carbons (Fsp3) is 0.520. The van der Waals surface area contributed by atoms with Crippen molar-refractivity contribution < 1.29 is 18.5 Å². The second kappa shape index (κ2) is 17.9.